The molecule has 0 aliphatic rings. The van der Waals surface area contributed by atoms with E-state index in [1.807, 2.05) is 25.1 Å². The van der Waals surface area contributed by atoms with Gasteiger partial charge in [-0.1, -0.05) is 17.4 Å². The van der Waals surface area contributed by atoms with E-state index in [1.54, 1.807) is 41.3 Å². The topological polar surface area (TPSA) is 60.2 Å². The number of carbonyl (C=O) groups is 1. The fourth-order valence-corrected chi connectivity index (χ4v) is 3.70. The van der Waals surface area contributed by atoms with Gasteiger partial charge in [-0.2, -0.15) is 5.26 Å². The number of benzene rings is 2. The zero-order chi connectivity index (χ0) is 19.4. The number of anilines is 1. The van der Waals surface area contributed by atoms with Crippen LogP contribution in [0.1, 0.15) is 22.3 Å². The summed E-state index contributed by atoms with van der Waals surface area (Å²) in [6, 6.07) is 13.3. The molecule has 0 atom stereocenters. The Morgan fingerprint density at radius 1 is 1.18 bits per heavy atom. The van der Waals surface area contributed by atoms with Crippen LogP contribution in [0.15, 0.2) is 42.5 Å². The lowest BCUT2D eigenvalue weighted by atomic mass is 10.1. The van der Waals surface area contributed by atoms with Crippen LogP contribution < -0.4 is 4.90 Å². The molecule has 0 bridgehead atoms. The minimum atomic E-state index is -0.394. The molecule has 0 radical (unpaired) electrons. The Kier molecular flexibility index (Phi) is 7.46. The molecule has 3 rings (SSSR count). The monoisotopic (exact) mass is 418 g/mol. The highest BCUT2D eigenvalue weighted by Crippen LogP contribution is 2.31. The normalized spacial score (nSPS) is 10.5. The Hall–Kier alpha value is -2.53. The lowest BCUT2D eigenvalue weighted by Gasteiger charge is -2.21. The second-order valence-electron chi connectivity index (χ2n) is 6.39. The van der Waals surface area contributed by atoms with Crippen LogP contribution >= 0.6 is 23.7 Å². The number of aromatic nitrogens is 1. The zero-order valence-electron chi connectivity index (χ0n) is 15.6. The van der Waals surface area contributed by atoms with E-state index >= 15 is 0 Å². The predicted molar refractivity (Wildman–Crippen MR) is 113 cm³/mol. The molecule has 5 nitrogen and oxygen atoms in total. The Labute approximate surface area is 173 Å². The molecule has 2 aromatic carbocycles. The zero-order valence-corrected chi connectivity index (χ0v) is 17.2. The first-order chi connectivity index (χ1) is 13.0. The number of carbonyl (C=O) groups excluding carboxylic acids is 1. The van der Waals surface area contributed by atoms with Crippen LogP contribution in [0.25, 0.3) is 10.2 Å². The fourth-order valence-electron chi connectivity index (χ4n) is 2.69. The molecule has 0 aliphatic carbocycles. The van der Waals surface area contributed by atoms with E-state index in [2.05, 4.69) is 4.98 Å². The summed E-state index contributed by atoms with van der Waals surface area (Å²) in [6.45, 7) is 1.29. The van der Waals surface area contributed by atoms with E-state index < -0.39 is 5.82 Å². The van der Waals surface area contributed by atoms with Crippen molar-refractivity contribution in [1.29, 1.82) is 5.26 Å². The number of halogens is 2. The van der Waals surface area contributed by atoms with Crippen molar-refractivity contribution in [2.24, 2.45) is 0 Å². The number of nitriles is 1. The van der Waals surface area contributed by atoms with E-state index in [0.717, 1.165) is 13.0 Å². The molecule has 0 unspecified atom stereocenters. The van der Waals surface area contributed by atoms with Crippen molar-refractivity contribution in [3.8, 4) is 6.07 Å². The average Bonchev–Trinajstić information content (AvgIpc) is 3.10. The van der Waals surface area contributed by atoms with Crippen LogP contribution in [0, 0.1) is 17.1 Å². The quantitative estimate of drug-likeness (QED) is 0.597. The van der Waals surface area contributed by atoms with Crippen molar-refractivity contribution >= 4 is 45.0 Å². The Balaban J connectivity index is 0.00000280. The first kappa shape index (κ1) is 21.8. The van der Waals surface area contributed by atoms with Crippen molar-refractivity contribution in [3.05, 3.63) is 59.4 Å². The molecular formula is C20H20ClFN4OS. The van der Waals surface area contributed by atoms with Crippen LogP contribution in [-0.4, -0.2) is 43.0 Å². The summed E-state index contributed by atoms with van der Waals surface area (Å²) in [5.74, 6) is -0.605. The second kappa shape index (κ2) is 9.60. The summed E-state index contributed by atoms with van der Waals surface area (Å²) in [6.07, 6.45) is 0.757. The third kappa shape index (κ3) is 4.84. The third-order valence-electron chi connectivity index (χ3n) is 4.08. The van der Waals surface area contributed by atoms with Gasteiger partial charge in [0.25, 0.3) is 5.91 Å². The number of amides is 1. The molecule has 0 spiro atoms. The first-order valence-electron chi connectivity index (χ1n) is 8.51. The lowest BCUT2D eigenvalue weighted by Crippen LogP contribution is -2.33. The number of nitrogens with zero attached hydrogens (tertiary/aromatic N) is 4. The molecule has 0 aliphatic heterocycles. The SMILES string of the molecule is CN(C)CCCN(C(=O)c1ccc(C#N)cc1)c1nc2c(F)cccc2s1.Cl. The number of hydrogen-bond donors (Lipinski definition) is 0. The molecule has 0 fully saturated rings. The molecule has 1 heterocycles. The molecule has 0 N–H and O–H groups in total. The maximum atomic E-state index is 14.0. The van der Waals surface area contributed by atoms with E-state index in [9.17, 15) is 9.18 Å². The smallest absolute Gasteiger partial charge is 0.260 e. The van der Waals surface area contributed by atoms with Gasteiger partial charge >= 0.3 is 0 Å². The van der Waals surface area contributed by atoms with Crippen molar-refractivity contribution in [2.75, 3.05) is 32.1 Å². The summed E-state index contributed by atoms with van der Waals surface area (Å²) in [4.78, 5) is 21.1. The minimum Gasteiger partial charge on any atom is -0.309 e. The molecule has 8 heteroatoms. The standard InChI is InChI=1S/C20H19FN4OS.ClH/c1-24(2)11-4-12-25(19(26)15-9-7-14(13-22)8-10-15)20-23-18-16(21)5-3-6-17(18)27-20;/h3,5-10H,4,11-12H2,1-2H3;1H. The second-order valence-corrected chi connectivity index (χ2v) is 7.39. The Morgan fingerprint density at radius 3 is 2.50 bits per heavy atom. The summed E-state index contributed by atoms with van der Waals surface area (Å²) in [5, 5.41) is 9.41. The van der Waals surface area contributed by atoms with E-state index in [-0.39, 0.29) is 23.8 Å². The number of rotatable bonds is 6. The molecule has 3 aromatic rings. The Morgan fingerprint density at radius 2 is 1.89 bits per heavy atom. The van der Waals surface area contributed by atoms with Crippen molar-refractivity contribution < 1.29 is 9.18 Å². The van der Waals surface area contributed by atoms with Gasteiger partial charge in [0, 0.05) is 12.1 Å². The van der Waals surface area contributed by atoms with Crippen LogP contribution in [0.2, 0.25) is 0 Å². The third-order valence-corrected chi connectivity index (χ3v) is 5.13. The lowest BCUT2D eigenvalue weighted by molar-refractivity contribution is 0.0986. The Bertz CT molecular complexity index is 998. The van der Waals surface area contributed by atoms with Crippen molar-refractivity contribution in [1.82, 2.24) is 9.88 Å². The van der Waals surface area contributed by atoms with E-state index in [4.69, 9.17) is 5.26 Å². The van der Waals surface area contributed by atoms with Crippen LogP contribution in [0.4, 0.5) is 9.52 Å². The van der Waals surface area contributed by atoms with Gasteiger partial charge < -0.3 is 4.90 Å². The van der Waals surface area contributed by atoms with Gasteiger partial charge in [-0.15, -0.1) is 12.4 Å². The van der Waals surface area contributed by atoms with Gasteiger partial charge in [-0.3, -0.25) is 9.69 Å². The highest BCUT2D eigenvalue weighted by Gasteiger charge is 2.22. The van der Waals surface area contributed by atoms with Gasteiger partial charge in [-0.05, 0) is 63.5 Å². The fraction of sp³-hybridized carbons (Fsp3) is 0.250. The summed E-state index contributed by atoms with van der Waals surface area (Å²) < 4.78 is 14.7. The molecule has 1 aromatic heterocycles. The summed E-state index contributed by atoms with van der Waals surface area (Å²) in [5.41, 5.74) is 1.24. The highest BCUT2D eigenvalue weighted by atomic mass is 35.5. The van der Waals surface area contributed by atoms with E-state index in [1.165, 1.54) is 17.4 Å². The molecule has 146 valence electrons. The van der Waals surface area contributed by atoms with Gasteiger partial charge in [0.2, 0.25) is 0 Å². The maximum Gasteiger partial charge on any atom is 0.260 e. The molecule has 0 saturated heterocycles. The molecule has 28 heavy (non-hydrogen) atoms. The number of thiazole rings is 1. The minimum absolute atomic E-state index is 0. The van der Waals surface area contributed by atoms with Gasteiger partial charge in [0.1, 0.15) is 11.3 Å². The summed E-state index contributed by atoms with van der Waals surface area (Å²) in [7, 11) is 3.94. The van der Waals surface area contributed by atoms with Gasteiger partial charge in [0.15, 0.2) is 5.13 Å². The number of para-hydroxylation sites is 1. The van der Waals surface area contributed by atoms with Crippen LogP contribution in [0.3, 0.4) is 0 Å². The maximum absolute atomic E-state index is 14.0. The summed E-state index contributed by atoms with van der Waals surface area (Å²) >= 11 is 1.30. The van der Waals surface area contributed by atoms with Crippen molar-refractivity contribution in [2.45, 2.75) is 6.42 Å². The average molecular weight is 419 g/mol. The van der Waals surface area contributed by atoms with Crippen LogP contribution in [0.5, 0.6) is 0 Å². The van der Waals surface area contributed by atoms with Gasteiger partial charge in [-0.25, -0.2) is 9.37 Å². The van der Waals surface area contributed by atoms with Crippen molar-refractivity contribution in [3.63, 3.8) is 0 Å². The van der Waals surface area contributed by atoms with Crippen LogP contribution in [-0.2, 0) is 0 Å². The highest BCUT2D eigenvalue weighted by molar-refractivity contribution is 7.22. The van der Waals surface area contributed by atoms with Gasteiger partial charge in [0.05, 0.1) is 16.3 Å². The van der Waals surface area contributed by atoms with E-state index in [0.29, 0.717) is 27.5 Å². The predicted octanol–water partition coefficient (Wildman–Crippen LogP) is 4.33. The molecule has 1 amide bonds. The number of fused-ring (bicyclic) bond motifs is 1. The first-order valence-corrected chi connectivity index (χ1v) is 9.33. The molecular weight excluding hydrogens is 399 g/mol. The largest absolute Gasteiger partial charge is 0.309 e. The number of hydrogen-bond acceptors (Lipinski definition) is 5. The molecule has 0 saturated carbocycles.